The molecule has 3 aliphatic rings. The summed E-state index contributed by atoms with van der Waals surface area (Å²) in [4.78, 5) is 41.2. The summed E-state index contributed by atoms with van der Waals surface area (Å²) in [5.74, 6) is 0.134. The van der Waals surface area contributed by atoms with Gasteiger partial charge in [-0.1, -0.05) is 28.9 Å². The zero-order valence-corrected chi connectivity index (χ0v) is 19.9. The van der Waals surface area contributed by atoms with Crippen molar-refractivity contribution in [3.05, 3.63) is 53.4 Å². The van der Waals surface area contributed by atoms with Crippen molar-refractivity contribution >= 4 is 40.8 Å². The molecule has 0 bridgehead atoms. The molecule has 0 radical (unpaired) electrons. The Morgan fingerprint density at radius 3 is 2.46 bits per heavy atom. The van der Waals surface area contributed by atoms with Crippen molar-refractivity contribution in [2.24, 2.45) is 5.16 Å². The molecule has 11 heteroatoms. The number of carbonyl (C=O) groups is 2. The lowest BCUT2D eigenvalue weighted by Gasteiger charge is -2.37. The molecular weight excluding hydrogens is 475 g/mol. The summed E-state index contributed by atoms with van der Waals surface area (Å²) in [5.41, 5.74) is -0.0154. The van der Waals surface area contributed by atoms with Gasteiger partial charge in [0, 0.05) is 64.7 Å². The summed E-state index contributed by atoms with van der Waals surface area (Å²) in [6.07, 6.45) is 3.21. The number of carbonyl (C=O) groups excluding carboxylic acids is 2. The summed E-state index contributed by atoms with van der Waals surface area (Å²) in [6, 6.07) is 9.30. The minimum Gasteiger partial charge on any atom is -0.388 e. The number of aromatic nitrogens is 1. The molecule has 2 saturated heterocycles. The topological polar surface area (TPSA) is 90.4 Å². The molecule has 3 aliphatic heterocycles. The molecule has 3 amide bonds. The molecule has 1 aromatic carbocycles. The normalized spacial score (nSPS) is 19.4. The number of benzene rings is 1. The van der Waals surface area contributed by atoms with Crippen LogP contribution in [0.25, 0.3) is 0 Å². The summed E-state index contributed by atoms with van der Waals surface area (Å²) < 4.78 is 13.8. The van der Waals surface area contributed by atoms with Gasteiger partial charge in [-0.2, -0.15) is 0 Å². The van der Waals surface area contributed by atoms with Gasteiger partial charge in [0.25, 0.3) is 5.91 Å². The van der Waals surface area contributed by atoms with Crippen molar-refractivity contribution in [3.8, 4) is 0 Å². The minimum atomic E-state index is -0.580. The van der Waals surface area contributed by atoms with Crippen molar-refractivity contribution < 1.29 is 18.8 Å². The zero-order chi connectivity index (χ0) is 24.4. The van der Waals surface area contributed by atoms with Crippen LogP contribution >= 0.6 is 11.6 Å². The Labute approximate surface area is 207 Å². The van der Waals surface area contributed by atoms with Gasteiger partial charge in [0.2, 0.25) is 0 Å². The summed E-state index contributed by atoms with van der Waals surface area (Å²) in [6.45, 7) is 3.22. The lowest BCUT2D eigenvalue weighted by molar-refractivity contribution is -0.124. The van der Waals surface area contributed by atoms with E-state index in [1.165, 1.54) is 12.1 Å². The highest BCUT2D eigenvalue weighted by molar-refractivity contribution is 6.39. The number of urea groups is 1. The van der Waals surface area contributed by atoms with E-state index in [1.54, 1.807) is 40.3 Å². The van der Waals surface area contributed by atoms with Crippen LogP contribution in [-0.2, 0) is 9.63 Å². The number of hydrogen-bond acceptors (Lipinski definition) is 6. The zero-order valence-electron chi connectivity index (χ0n) is 19.1. The molecular formula is C24H26ClFN6O3. The Morgan fingerprint density at radius 2 is 1.74 bits per heavy atom. The summed E-state index contributed by atoms with van der Waals surface area (Å²) in [5, 5.41) is 7.34. The van der Waals surface area contributed by atoms with Crippen LogP contribution in [0.15, 0.2) is 47.8 Å². The highest BCUT2D eigenvalue weighted by Gasteiger charge is 2.45. The summed E-state index contributed by atoms with van der Waals surface area (Å²) >= 11 is 6.25. The number of hydrogen-bond donors (Lipinski definition) is 1. The Morgan fingerprint density at radius 1 is 1.00 bits per heavy atom. The maximum atomic E-state index is 13.8. The molecule has 9 nitrogen and oxygen atoms in total. The number of anilines is 2. The van der Waals surface area contributed by atoms with Crippen LogP contribution in [-0.4, -0.2) is 77.3 Å². The number of pyridine rings is 1. The van der Waals surface area contributed by atoms with E-state index in [0.29, 0.717) is 69.3 Å². The van der Waals surface area contributed by atoms with Crippen molar-refractivity contribution in [3.63, 3.8) is 0 Å². The van der Waals surface area contributed by atoms with Crippen molar-refractivity contribution in [1.82, 2.24) is 14.8 Å². The predicted molar refractivity (Wildman–Crippen MR) is 130 cm³/mol. The first kappa shape index (κ1) is 23.3. The molecule has 2 fully saturated rings. The summed E-state index contributed by atoms with van der Waals surface area (Å²) in [7, 11) is 0. The van der Waals surface area contributed by atoms with Gasteiger partial charge in [-0.3, -0.25) is 4.79 Å². The first-order valence-corrected chi connectivity index (χ1v) is 12.0. The van der Waals surface area contributed by atoms with E-state index < -0.39 is 11.4 Å². The Balaban J connectivity index is 1.11. The monoisotopic (exact) mass is 500 g/mol. The van der Waals surface area contributed by atoms with Crippen LogP contribution in [0, 0.1) is 5.82 Å². The third kappa shape index (κ3) is 4.88. The van der Waals surface area contributed by atoms with Crippen molar-refractivity contribution in [2.45, 2.75) is 24.9 Å². The second-order valence-corrected chi connectivity index (χ2v) is 9.38. The van der Waals surface area contributed by atoms with Crippen LogP contribution in [0.5, 0.6) is 0 Å². The molecule has 0 saturated carbocycles. The van der Waals surface area contributed by atoms with Crippen LogP contribution in [0.3, 0.4) is 0 Å². The average molecular weight is 501 g/mol. The number of nitrogens with zero attached hydrogens (tertiary/aromatic N) is 5. The maximum absolute atomic E-state index is 13.8. The number of oxime groups is 1. The predicted octanol–water partition coefficient (Wildman–Crippen LogP) is 3.37. The lowest BCUT2D eigenvalue weighted by atomic mass is 9.86. The fraction of sp³-hybridized carbons (Fsp3) is 0.417. The second-order valence-electron chi connectivity index (χ2n) is 8.97. The smallest absolute Gasteiger partial charge is 0.321 e. The molecule has 0 atom stereocenters. The molecule has 4 heterocycles. The number of rotatable bonds is 3. The van der Waals surface area contributed by atoms with Gasteiger partial charge in [0.1, 0.15) is 22.9 Å². The van der Waals surface area contributed by atoms with E-state index in [0.717, 1.165) is 5.82 Å². The van der Waals surface area contributed by atoms with E-state index in [-0.39, 0.29) is 17.6 Å². The molecule has 2 aromatic rings. The Kier molecular flexibility index (Phi) is 6.46. The standard InChI is InChI=1S/C24H26ClFN6O3/c25-17-4-3-9-27-21(17)30-12-14-31(15-13-30)22(33)20-16-24(35-29-20)7-10-32(11-8-24)23(34)28-19-6-2-1-5-18(19)26/h1-6,9H,7-8,10-16H2,(H,28,34). The number of likely N-dealkylation sites (tertiary alicyclic amines) is 1. The van der Waals surface area contributed by atoms with Gasteiger partial charge in [0.05, 0.1) is 10.7 Å². The highest BCUT2D eigenvalue weighted by atomic mass is 35.5. The van der Waals surface area contributed by atoms with E-state index in [2.05, 4.69) is 20.4 Å². The van der Waals surface area contributed by atoms with E-state index in [4.69, 9.17) is 16.4 Å². The highest BCUT2D eigenvalue weighted by Crippen LogP contribution is 2.35. The number of halogens is 2. The fourth-order valence-electron chi connectivity index (χ4n) is 4.69. The molecule has 5 rings (SSSR count). The van der Waals surface area contributed by atoms with Crippen LogP contribution in [0.1, 0.15) is 19.3 Å². The fourth-order valence-corrected chi connectivity index (χ4v) is 4.93. The lowest BCUT2D eigenvalue weighted by Crippen LogP contribution is -2.52. The molecule has 1 aromatic heterocycles. The van der Waals surface area contributed by atoms with Crippen LogP contribution in [0.2, 0.25) is 5.02 Å². The molecule has 35 heavy (non-hydrogen) atoms. The van der Waals surface area contributed by atoms with Crippen LogP contribution in [0.4, 0.5) is 20.7 Å². The second kappa shape index (κ2) is 9.69. The largest absolute Gasteiger partial charge is 0.388 e. The first-order valence-electron chi connectivity index (χ1n) is 11.6. The molecule has 184 valence electrons. The van der Waals surface area contributed by atoms with Gasteiger partial charge >= 0.3 is 6.03 Å². The third-order valence-corrected chi connectivity index (χ3v) is 7.06. The van der Waals surface area contributed by atoms with Crippen LogP contribution < -0.4 is 10.2 Å². The van der Waals surface area contributed by atoms with E-state index >= 15 is 0 Å². The minimum absolute atomic E-state index is 0.117. The molecule has 0 aliphatic carbocycles. The van der Waals surface area contributed by atoms with Gasteiger partial charge in [0.15, 0.2) is 0 Å². The quantitative estimate of drug-likeness (QED) is 0.698. The van der Waals surface area contributed by atoms with Crippen molar-refractivity contribution in [2.75, 3.05) is 49.5 Å². The van der Waals surface area contributed by atoms with Gasteiger partial charge in [-0.15, -0.1) is 0 Å². The Bertz CT molecular complexity index is 1150. The molecule has 1 N–H and O–H groups in total. The Hall–Kier alpha value is -3.40. The van der Waals surface area contributed by atoms with Gasteiger partial charge in [-0.25, -0.2) is 14.2 Å². The number of amides is 3. The van der Waals surface area contributed by atoms with Gasteiger partial charge < -0.3 is 24.9 Å². The van der Waals surface area contributed by atoms with Gasteiger partial charge in [-0.05, 0) is 24.3 Å². The first-order chi connectivity index (χ1) is 16.9. The van der Waals surface area contributed by atoms with Crippen molar-refractivity contribution in [1.29, 1.82) is 0 Å². The number of nitrogens with one attached hydrogen (secondary N) is 1. The average Bonchev–Trinajstić information content (AvgIpc) is 3.29. The third-order valence-electron chi connectivity index (χ3n) is 6.77. The number of para-hydroxylation sites is 1. The number of piperazine rings is 1. The molecule has 0 unspecified atom stereocenters. The molecule has 1 spiro atoms. The van der Waals surface area contributed by atoms with E-state index in [1.807, 2.05) is 0 Å². The van der Waals surface area contributed by atoms with E-state index in [9.17, 15) is 14.0 Å². The number of piperidine rings is 1. The SMILES string of the molecule is O=C(Nc1ccccc1F)N1CCC2(CC1)CC(C(=O)N1CCN(c3ncccc3Cl)CC1)=NO2. The maximum Gasteiger partial charge on any atom is 0.321 e.